The standard InChI is InChI=1S/C57H39N3O2/c1-8-29-57(30-9-1)48-16-5-2-13-42(48)45-32-39(23-26-49(45)57)38-12-10-11-37(31-38)35-19-21-36(22-20-35)54-58-55(40-24-27-52-46(33-40)43-14-3-6-17-50(43)61-52)60-56(59-54)41-25-28-53-47(34-41)44-15-4-7-18-51(44)62-53/h2-7,10-28,31-34H,1,8-9,29-30H2. The number of benzene rings is 8. The Hall–Kier alpha value is -7.63. The number of fused-ring (bicyclic) bond motifs is 11. The first-order valence-electron chi connectivity index (χ1n) is 21.7. The average molecular weight is 798 g/mol. The van der Waals surface area contributed by atoms with Crippen LogP contribution in [-0.4, -0.2) is 15.0 Å². The summed E-state index contributed by atoms with van der Waals surface area (Å²) in [5, 5.41) is 4.17. The molecule has 1 saturated carbocycles. The minimum Gasteiger partial charge on any atom is -0.456 e. The van der Waals surface area contributed by atoms with Crippen molar-refractivity contribution in [2.24, 2.45) is 0 Å². The van der Waals surface area contributed by atoms with E-state index >= 15 is 0 Å². The Morgan fingerprint density at radius 2 is 0.806 bits per heavy atom. The first kappa shape index (κ1) is 35.2. The molecule has 5 heteroatoms. The Kier molecular flexibility index (Phi) is 7.77. The van der Waals surface area contributed by atoms with Crippen molar-refractivity contribution >= 4 is 43.9 Å². The lowest BCUT2D eigenvalue weighted by Gasteiger charge is -2.36. The molecule has 0 atom stereocenters. The van der Waals surface area contributed by atoms with Gasteiger partial charge in [-0.1, -0.05) is 135 Å². The lowest BCUT2D eigenvalue weighted by Crippen LogP contribution is -2.27. The van der Waals surface area contributed by atoms with Gasteiger partial charge in [0.05, 0.1) is 0 Å². The summed E-state index contributed by atoms with van der Waals surface area (Å²) in [6.07, 6.45) is 6.42. The van der Waals surface area contributed by atoms with E-state index in [0.717, 1.165) is 71.7 Å². The molecule has 0 radical (unpaired) electrons. The van der Waals surface area contributed by atoms with Gasteiger partial charge < -0.3 is 8.83 Å². The summed E-state index contributed by atoms with van der Waals surface area (Å²) in [7, 11) is 0. The van der Waals surface area contributed by atoms with Crippen molar-refractivity contribution in [3.8, 4) is 67.5 Å². The van der Waals surface area contributed by atoms with E-state index in [0.29, 0.717) is 17.5 Å². The number of nitrogens with zero attached hydrogens (tertiary/aromatic N) is 3. The number of hydrogen-bond donors (Lipinski definition) is 0. The maximum atomic E-state index is 6.17. The average Bonchev–Trinajstić information content (AvgIpc) is 3.99. The van der Waals surface area contributed by atoms with Gasteiger partial charge in [0.25, 0.3) is 0 Å². The van der Waals surface area contributed by atoms with Crippen LogP contribution in [0.3, 0.4) is 0 Å². The molecule has 0 bridgehead atoms. The van der Waals surface area contributed by atoms with Crippen LogP contribution in [0.4, 0.5) is 0 Å². The molecule has 294 valence electrons. The molecule has 2 aliphatic carbocycles. The van der Waals surface area contributed by atoms with E-state index in [4.69, 9.17) is 23.8 Å². The smallest absolute Gasteiger partial charge is 0.164 e. The summed E-state index contributed by atoms with van der Waals surface area (Å²) in [4.78, 5) is 15.4. The van der Waals surface area contributed by atoms with Gasteiger partial charge in [-0.25, -0.2) is 15.0 Å². The summed E-state index contributed by atoms with van der Waals surface area (Å²) < 4.78 is 12.3. The van der Waals surface area contributed by atoms with Crippen molar-refractivity contribution in [3.05, 3.63) is 187 Å². The van der Waals surface area contributed by atoms with E-state index in [9.17, 15) is 0 Å². The van der Waals surface area contributed by atoms with E-state index in [1.807, 2.05) is 60.7 Å². The molecular formula is C57H39N3O2. The molecule has 2 aliphatic rings. The SMILES string of the molecule is c1cc(-c2ccc(-c3nc(-c4ccc5oc6ccccc6c5c4)nc(-c4ccc5oc6ccccc6c5c4)n3)cc2)cc(-c2ccc3c(c2)-c2ccccc2C32CCCCC2)c1. The van der Waals surface area contributed by atoms with Crippen molar-refractivity contribution in [1.82, 2.24) is 15.0 Å². The molecule has 1 spiro atoms. The summed E-state index contributed by atoms with van der Waals surface area (Å²) in [5.41, 5.74) is 16.8. The Morgan fingerprint density at radius 1 is 0.323 bits per heavy atom. The molecule has 0 aliphatic heterocycles. The van der Waals surface area contributed by atoms with Crippen molar-refractivity contribution in [3.63, 3.8) is 0 Å². The first-order chi connectivity index (χ1) is 30.6. The lowest BCUT2D eigenvalue weighted by molar-refractivity contribution is 0.353. The zero-order valence-corrected chi connectivity index (χ0v) is 33.9. The van der Waals surface area contributed by atoms with E-state index < -0.39 is 0 Å². The van der Waals surface area contributed by atoms with Gasteiger partial charge >= 0.3 is 0 Å². The number of furan rings is 2. The molecule has 0 amide bonds. The van der Waals surface area contributed by atoms with Crippen LogP contribution >= 0.6 is 0 Å². The molecule has 3 heterocycles. The highest BCUT2D eigenvalue weighted by atomic mass is 16.3. The number of aromatic nitrogens is 3. The van der Waals surface area contributed by atoms with E-state index in [-0.39, 0.29) is 5.41 Å². The number of rotatable bonds is 5. The van der Waals surface area contributed by atoms with Gasteiger partial charge in [0.1, 0.15) is 22.3 Å². The summed E-state index contributed by atoms with van der Waals surface area (Å²) in [6.45, 7) is 0. The molecule has 0 N–H and O–H groups in total. The van der Waals surface area contributed by atoms with Crippen LogP contribution in [0.2, 0.25) is 0 Å². The Balaban J connectivity index is 0.882. The van der Waals surface area contributed by atoms with E-state index in [1.165, 1.54) is 65.5 Å². The quantitative estimate of drug-likeness (QED) is 0.174. The van der Waals surface area contributed by atoms with Crippen molar-refractivity contribution in [2.75, 3.05) is 0 Å². The van der Waals surface area contributed by atoms with E-state index in [2.05, 4.69) is 115 Å². The van der Waals surface area contributed by atoms with E-state index in [1.54, 1.807) is 0 Å². The van der Waals surface area contributed by atoms with Crippen LogP contribution in [0.5, 0.6) is 0 Å². The summed E-state index contributed by atoms with van der Waals surface area (Å²) in [5.74, 6) is 1.80. The maximum Gasteiger partial charge on any atom is 0.164 e. The lowest BCUT2D eigenvalue weighted by atomic mass is 9.68. The third-order valence-corrected chi connectivity index (χ3v) is 13.6. The number of para-hydroxylation sites is 2. The van der Waals surface area contributed by atoms with Crippen molar-refractivity contribution in [2.45, 2.75) is 37.5 Å². The van der Waals surface area contributed by atoms with Crippen molar-refractivity contribution in [1.29, 1.82) is 0 Å². The third-order valence-electron chi connectivity index (χ3n) is 13.6. The molecule has 3 aromatic heterocycles. The van der Waals surface area contributed by atoms with Crippen LogP contribution < -0.4 is 0 Å². The van der Waals surface area contributed by atoms with Crippen LogP contribution in [0.1, 0.15) is 43.2 Å². The Morgan fingerprint density at radius 3 is 1.47 bits per heavy atom. The summed E-state index contributed by atoms with van der Waals surface area (Å²) >= 11 is 0. The molecular weight excluding hydrogens is 759 g/mol. The zero-order valence-electron chi connectivity index (χ0n) is 33.9. The molecule has 11 aromatic rings. The predicted octanol–water partition coefficient (Wildman–Crippen LogP) is 15.2. The topological polar surface area (TPSA) is 65.0 Å². The molecule has 5 nitrogen and oxygen atoms in total. The fraction of sp³-hybridized carbons (Fsp3) is 0.105. The van der Waals surface area contributed by atoms with Gasteiger partial charge in [-0.05, 0) is 118 Å². The second-order valence-electron chi connectivity index (χ2n) is 17.0. The molecule has 0 saturated heterocycles. The Bertz CT molecular complexity index is 3440. The molecule has 62 heavy (non-hydrogen) atoms. The number of hydrogen-bond acceptors (Lipinski definition) is 5. The normalized spacial score (nSPS) is 14.3. The minimum atomic E-state index is 0.164. The molecule has 8 aromatic carbocycles. The van der Waals surface area contributed by atoms with Gasteiger partial charge in [0.15, 0.2) is 17.5 Å². The molecule has 13 rings (SSSR count). The fourth-order valence-corrected chi connectivity index (χ4v) is 10.5. The monoisotopic (exact) mass is 797 g/mol. The highest BCUT2D eigenvalue weighted by Crippen LogP contribution is 2.56. The first-order valence-corrected chi connectivity index (χ1v) is 21.7. The summed E-state index contributed by atoms with van der Waals surface area (Å²) in [6, 6.07) is 62.5. The second-order valence-corrected chi connectivity index (χ2v) is 17.0. The fourth-order valence-electron chi connectivity index (χ4n) is 10.5. The van der Waals surface area contributed by atoms with Crippen LogP contribution in [0, 0.1) is 0 Å². The largest absolute Gasteiger partial charge is 0.456 e. The van der Waals surface area contributed by atoms with Crippen LogP contribution in [-0.2, 0) is 5.41 Å². The highest BCUT2D eigenvalue weighted by Gasteiger charge is 2.43. The highest BCUT2D eigenvalue weighted by molar-refractivity contribution is 6.07. The third kappa shape index (κ3) is 5.51. The predicted molar refractivity (Wildman–Crippen MR) is 251 cm³/mol. The molecule has 1 fully saturated rings. The van der Waals surface area contributed by atoms with Gasteiger partial charge in [-0.2, -0.15) is 0 Å². The second kappa shape index (κ2) is 13.7. The van der Waals surface area contributed by atoms with Gasteiger partial charge in [0, 0.05) is 43.7 Å². The minimum absolute atomic E-state index is 0.164. The van der Waals surface area contributed by atoms with Gasteiger partial charge in [0.2, 0.25) is 0 Å². The molecule has 0 unspecified atom stereocenters. The van der Waals surface area contributed by atoms with Crippen LogP contribution in [0.25, 0.3) is 111 Å². The van der Waals surface area contributed by atoms with Crippen LogP contribution in [0.15, 0.2) is 185 Å². The van der Waals surface area contributed by atoms with Gasteiger partial charge in [-0.3, -0.25) is 0 Å². The Labute approximate surface area is 358 Å². The maximum absolute atomic E-state index is 6.17. The van der Waals surface area contributed by atoms with Gasteiger partial charge in [-0.15, -0.1) is 0 Å². The van der Waals surface area contributed by atoms with Crippen molar-refractivity contribution < 1.29 is 8.83 Å². The zero-order chi connectivity index (χ0) is 40.8.